The first-order valence-corrected chi connectivity index (χ1v) is 14.1. The number of rotatable bonds is 4. The van der Waals surface area contributed by atoms with Gasteiger partial charge in [-0.1, -0.05) is 6.07 Å². The highest BCUT2D eigenvalue weighted by molar-refractivity contribution is 7.89. The Morgan fingerprint density at radius 3 is 2.31 bits per heavy atom. The van der Waals surface area contributed by atoms with Gasteiger partial charge in [0.1, 0.15) is 17.0 Å². The molecule has 0 saturated heterocycles. The van der Waals surface area contributed by atoms with Crippen LogP contribution in [0.3, 0.4) is 0 Å². The molecular weight excluding hydrogens is 525 g/mol. The quantitative estimate of drug-likeness (QED) is 0.432. The van der Waals surface area contributed by atoms with Crippen molar-refractivity contribution in [1.82, 2.24) is 14.2 Å². The molecule has 1 aliphatic rings. The van der Waals surface area contributed by atoms with Gasteiger partial charge in [-0.3, -0.25) is 4.57 Å². The summed E-state index contributed by atoms with van der Waals surface area (Å²) < 4.78 is 54.1. The molecule has 39 heavy (non-hydrogen) atoms. The molecule has 0 aliphatic carbocycles. The Balaban J connectivity index is 1.65. The summed E-state index contributed by atoms with van der Waals surface area (Å²) in [5, 5.41) is 3.22. The van der Waals surface area contributed by atoms with Crippen molar-refractivity contribution >= 4 is 33.1 Å². The fourth-order valence-corrected chi connectivity index (χ4v) is 6.44. The first-order valence-electron chi connectivity index (χ1n) is 12.6. The van der Waals surface area contributed by atoms with E-state index in [-0.39, 0.29) is 18.0 Å². The number of aromatic nitrogens is 1. The number of hydrogen-bond donors (Lipinski definition) is 1. The van der Waals surface area contributed by atoms with Crippen LogP contribution in [0.1, 0.15) is 60.1 Å². The lowest BCUT2D eigenvalue weighted by molar-refractivity contribution is 0.0519. The zero-order chi connectivity index (χ0) is 28.9. The van der Waals surface area contributed by atoms with Crippen molar-refractivity contribution in [2.24, 2.45) is 0 Å². The number of carbonyl (C=O) groups excluding carboxylic acids is 2. The summed E-state index contributed by atoms with van der Waals surface area (Å²) in [6.45, 7) is 12.4. The molecule has 4 rings (SSSR count). The third-order valence-electron chi connectivity index (χ3n) is 6.15. The van der Waals surface area contributed by atoms with Crippen LogP contribution in [0, 0.1) is 5.82 Å². The second-order valence-electron chi connectivity index (χ2n) is 11.5. The number of ether oxygens (including phenoxy) is 2. The van der Waals surface area contributed by atoms with Gasteiger partial charge < -0.3 is 14.8 Å². The summed E-state index contributed by atoms with van der Waals surface area (Å²) in [7, 11) is -3.79. The van der Waals surface area contributed by atoms with Crippen LogP contribution in [-0.2, 0) is 19.5 Å². The van der Waals surface area contributed by atoms with Crippen molar-refractivity contribution in [3.8, 4) is 11.1 Å². The molecule has 1 N–H and O–H groups in total. The number of fused-ring (bicyclic) bond motifs is 2. The van der Waals surface area contributed by atoms with E-state index in [0.717, 1.165) is 0 Å². The van der Waals surface area contributed by atoms with Crippen molar-refractivity contribution in [2.75, 3.05) is 13.1 Å². The number of nitrogens with zero attached hydrogens (tertiary/aromatic N) is 2. The molecular formula is C28H34FN3O6S. The smallest absolute Gasteiger partial charge is 0.419 e. The second kappa shape index (κ2) is 9.95. The van der Waals surface area contributed by atoms with Crippen LogP contribution in [-0.4, -0.2) is 53.8 Å². The van der Waals surface area contributed by atoms with Crippen LogP contribution in [0.15, 0.2) is 47.5 Å². The Labute approximate surface area is 227 Å². The highest BCUT2D eigenvalue weighted by atomic mass is 32.2. The van der Waals surface area contributed by atoms with Crippen molar-refractivity contribution in [3.63, 3.8) is 0 Å². The van der Waals surface area contributed by atoms with Crippen LogP contribution in [0.4, 0.5) is 14.0 Å². The van der Waals surface area contributed by atoms with E-state index in [0.29, 0.717) is 27.6 Å². The predicted molar refractivity (Wildman–Crippen MR) is 146 cm³/mol. The first kappa shape index (κ1) is 28.6. The minimum Gasteiger partial charge on any atom is -0.444 e. The molecule has 0 saturated carbocycles. The monoisotopic (exact) mass is 559 g/mol. The molecule has 1 amide bonds. The fraction of sp³-hybridized carbons (Fsp3) is 0.429. The van der Waals surface area contributed by atoms with Gasteiger partial charge in [0, 0.05) is 36.3 Å². The van der Waals surface area contributed by atoms with Gasteiger partial charge in [0.15, 0.2) is 0 Å². The van der Waals surface area contributed by atoms with E-state index in [1.54, 1.807) is 72.9 Å². The van der Waals surface area contributed by atoms with Crippen LogP contribution >= 0.6 is 0 Å². The largest absolute Gasteiger partial charge is 0.444 e. The Bertz CT molecular complexity index is 1550. The molecule has 0 bridgehead atoms. The molecule has 1 atom stereocenters. The van der Waals surface area contributed by atoms with E-state index in [9.17, 15) is 22.4 Å². The number of sulfonamides is 1. The van der Waals surface area contributed by atoms with Crippen LogP contribution in [0.25, 0.3) is 22.0 Å². The van der Waals surface area contributed by atoms with Gasteiger partial charge in [0.25, 0.3) is 0 Å². The molecule has 0 radical (unpaired) electrons. The van der Waals surface area contributed by atoms with Gasteiger partial charge in [0.05, 0.1) is 10.4 Å². The van der Waals surface area contributed by atoms with E-state index < -0.39 is 45.3 Å². The van der Waals surface area contributed by atoms with Crippen molar-refractivity contribution in [3.05, 3.63) is 54.0 Å². The van der Waals surface area contributed by atoms with E-state index in [1.807, 2.05) is 0 Å². The molecule has 2 heterocycles. The maximum Gasteiger partial charge on any atom is 0.419 e. The minimum absolute atomic E-state index is 0.0595. The van der Waals surface area contributed by atoms with Gasteiger partial charge in [-0.25, -0.2) is 22.4 Å². The van der Waals surface area contributed by atoms with Gasteiger partial charge >= 0.3 is 12.2 Å². The van der Waals surface area contributed by atoms with Crippen LogP contribution in [0.5, 0.6) is 0 Å². The second-order valence-corrected chi connectivity index (χ2v) is 13.4. The average molecular weight is 560 g/mol. The lowest BCUT2D eigenvalue weighted by atomic mass is 9.99. The molecule has 210 valence electrons. The topological polar surface area (TPSA) is 107 Å². The zero-order valence-electron chi connectivity index (χ0n) is 23.2. The van der Waals surface area contributed by atoms with Gasteiger partial charge in [-0.05, 0) is 89.9 Å². The third kappa shape index (κ3) is 5.94. The average Bonchev–Trinajstić information content (AvgIpc) is 3.25. The van der Waals surface area contributed by atoms with Crippen LogP contribution < -0.4 is 5.32 Å². The number of amides is 1. The molecule has 1 unspecified atom stereocenters. The molecule has 9 nitrogen and oxygen atoms in total. The fourth-order valence-electron chi connectivity index (χ4n) is 4.56. The molecule has 3 aromatic rings. The molecule has 2 aromatic carbocycles. The van der Waals surface area contributed by atoms with Crippen molar-refractivity contribution < 1.29 is 31.9 Å². The highest BCUT2D eigenvalue weighted by Crippen LogP contribution is 2.42. The van der Waals surface area contributed by atoms with Crippen molar-refractivity contribution in [1.29, 1.82) is 0 Å². The summed E-state index contributed by atoms with van der Waals surface area (Å²) in [5.41, 5.74) is 0.819. The lowest BCUT2D eigenvalue weighted by Crippen LogP contribution is -2.38. The number of hydrogen-bond acceptors (Lipinski definition) is 6. The molecule has 0 spiro atoms. The van der Waals surface area contributed by atoms with Gasteiger partial charge in [0.2, 0.25) is 10.0 Å². The lowest BCUT2D eigenvalue weighted by Gasteiger charge is -2.22. The summed E-state index contributed by atoms with van der Waals surface area (Å²) in [6, 6.07) is 8.65. The van der Waals surface area contributed by atoms with Crippen molar-refractivity contribution in [2.45, 2.75) is 70.6 Å². The Morgan fingerprint density at radius 2 is 1.67 bits per heavy atom. The molecule has 1 aromatic heterocycles. The maximum absolute atomic E-state index is 14.2. The van der Waals surface area contributed by atoms with E-state index >= 15 is 0 Å². The molecule has 11 heteroatoms. The van der Waals surface area contributed by atoms with E-state index in [2.05, 4.69) is 5.32 Å². The number of benzene rings is 2. The summed E-state index contributed by atoms with van der Waals surface area (Å²) in [4.78, 5) is 25.1. The molecule has 1 aliphatic heterocycles. The Morgan fingerprint density at radius 1 is 1.00 bits per heavy atom. The predicted octanol–water partition coefficient (Wildman–Crippen LogP) is 5.82. The standard InChI is InChI=1S/C28H34FN3O6S/c1-17-21-14-18(8-11-24(21)39(35,36)32(17)13-12-30-25(33)37-27(2,3)4)22-16-31(26(34)38-28(5,6)7)23-15-19(29)9-10-20(22)23/h8-11,14-17H,12-13H2,1-7H3,(H,30,33). The van der Waals surface area contributed by atoms with Gasteiger partial charge in [-0.2, -0.15) is 4.31 Å². The summed E-state index contributed by atoms with van der Waals surface area (Å²) in [6.07, 6.45) is 0.311. The maximum atomic E-state index is 14.2. The Hall–Kier alpha value is -3.44. The minimum atomic E-state index is -3.79. The summed E-state index contributed by atoms with van der Waals surface area (Å²) in [5.74, 6) is -0.499. The number of halogens is 1. The summed E-state index contributed by atoms with van der Waals surface area (Å²) >= 11 is 0. The highest BCUT2D eigenvalue weighted by Gasteiger charge is 2.40. The van der Waals surface area contributed by atoms with Crippen LogP contribution in [0.2, 0.25) is 0 Å². The third-order valence-corrected chi connectivity index (χ3v) is 8.19. The van der Waals surface area contributed by atoms with E-state index in [1.165, 1.54) is 27.1 Å². The van der Waals surface area contributed by atoms with E-state index in [4.69, 9.17) is 9.47 Å². The first-order chi connectivity index (χ1) is 18.0. The molecule has 0 fully saturated rings. The zero-order valence-corrected chi connectivity index (χ0v) is 24.0. The number of carbonyl (C=O) groups is 2. The Kier molecular flexibility index (Phi) is 7.28. The van der Waals surface area contributed by atoms with Gasteiger partial charge in [-0.15, -0.1) is 0 Å². The number of nitrogens with one attached hydrogen (secondary N) is 1. The SMILES string of the molecule is CC1c2cc(-c3cn(C(=O)OC(C)(C)C)c4cc(F)ccc34)ccc2S(=O)(=O)N1CCNC(=O)OC(C)(C)C. The number of alkyl carbamates (subject to hydrolysis) is 1. The normalized spacial score (nSPS) is 17.2.